The van der Waals surface area contributed by atoms with Gasteiger partial charge < -0.3 is 10.6 Å². The molecule has 1 saturated heterocycles. The number of nitrogens with zero attached hydrogens (tertiary/aromatic N) is 1. The summed E-state index contributed by atoms with van der Waals surface area (Å²) in [6, 6.07) is 0.454. The summed E-state index contributed by atoms with van der Waals surface area (Å²) in [6.45, 7) is 5.91. The highest BCUT2D eigenvalue weighted by Crippen LogP contribution is 2.10. The highest BCUT2D eigenvalue weighted by atomic mass is 15.2. The average molecular weight is 198 g/mol. The Kier molecular flexibility index (Phi) is 6.20. The number of rotatable bonds is 7. The second-order valence-corrected chi connectivity index (χ2v) is 4.62. The van der Waals surface area contributed by atoms with Crippen LogP contribution in [0.25, 0.3) is 0 Å². The number of hydrogen-bond acceptors (Lipinski definition) is 2. The molecule has 0 aromatic carbocycles. The molecular formula is C12H26N2. The van der Waals surface area contributed by atoms with Crippen LogP contribution in [0.5, 0.6) is 0 Å². The van der Waals surface area contributed by atoms with Gasteiger partial charge in [-0.15, -0.1) is 0 Å². The molecule has 0 aromatic heterocycles. The van der Waals surface area contributed by atoms with Gasteiger partial charge in [-0.2, -0.15) is 0 Å². The van der Waals surface area contributed by atoms with E-state index in [1.807, 2.05) is 0 Å². The minimum Gasteiger partial charge on any atom is -0.326 e. The summed E-state index contributed by atoms with van der Waals surface area (Å²) < 4.78 is 0. The summed E-state index contributed by atoms with van der Waals surface area (Å²) in [5.74, 6) is 0. The van der Waals surface area contributed by atoms with E-state index < -0.39 is 0 Å². The molecule has 0 saturated carbocycles. The van der Waals surface area contributed by atoms with Crippen LogP contribution in [0.1, 0.15) is 51.9 Å². The van der Waals surface area contributed by atoms with Crippen molar-refractivity contribution in [3.05, 3.63) is 0 Å². The van der Waals surface area contributed by atoms with Gasteiger partial charge in [-0.3, -0.25) is 0 Å². The van der Waals surface area contributed by atoms with Gasteiger partial charge in [-0.05, 0) is 25.9 Å². The summed E-state index contributed by atoms with van der Waals surface area (Å²) in [6.07, 6.45) is 9.59. The van der Waals surface area contributed by atoms with E-state index in [-0.39, 0.29) is 0 Å². The zero-order chi connectivity index (χ0) is 10.2. The van der Waals surface area contributed by atoms with Crippen LogP contribution in [0.15, 0.2) is 0 Å². The summed E-state index contributed by atoms with van der Waals surface area (Å²) >= 11 is 0. The van der Waals surface area contributed by atoms with Gasteiger partial charge in [-0.1, -0.05) is 39.0 Å². The van der Waals surface area contributed by atoms with Gasteiger partial charge in [0.05, 0.1) is 0 Å². The smallest absolute Gasteiger partial charge is 0.0180 e. The van der Waals surface area contributed by atoms with Crippen molar-refractivity contribution in [2.24, 2.45) is 5.73 Å². The van der Waals surface area contributed by atoms with Crippen molar-refractivity contribution in [2.45, 2.75) is 57.9 Å². The standard InChI is InChI=1S/C12H26N2/c1-2-3-4-5-6-7-9-14-10-8-12(13)11-14/h12H,2-11,13H2,1H3/t12-/m1/s1. The zero-order valence-electron chi connectivity index (χ0n) is 9.67. The molecule has 14 heavy (non-hydrogen) atoms. The first kappa shape index (κ1) is 12.0. The molecule has 0 bridgehead atoms. The first-order chi connectivity index (χ1) is 6.83. The number of hydrogen-bond donors (Lipinski definition) is 1. The Morgan fingerprint density at radius 3 is 2.50 bits per heavy atom. The van der Waals surface area contributed by atoms with E-state index in [0.717, 1.165) is 6.54 Å². The molecule has 0 radical (unpaired) electrons. The van der Waals surface area contributed by atoms with Gasteiger partial charge >= 0.3 is 0 Å². The Bertz CT molecular complexity index is 136. The van der Waals surface area contributed by atoms with Crippen LogP contribution < -0.4 is 5.73 Å². The first-order valence-electron chi connectivity index (χ1n) is 6.31. The van der Waals surface area contributed by atoms with Crippen molar-refractivity contribution in [1.29, 1.82) is 0 Å². The van der Waals surface area contributed by atoms with Gasteiger partial charge in [0.2, 0.25) is 0 Å². The van der Waals surface area contributed by atoms with E-state index in [1.165, 1.54) is 58.0 Å². The molecule has 1 atom stereocenters. The molecule has 0 aliphatic carbocycles. The maximum Gasteiger partial charge on any atom is 0.0180 e. The molecule has 0 aromatic rings. The maximum absolute atomic E-state index is 5.85. The highest BCUT2D eigenvalue weighted by Gasteiger charge is 2.17. The molecule has 2 nitrogen and oxygen atoms in total. The number of unbranched alkanes of at least 4 members (excludes halogenated alkanes) is 5. The Hall–Kier alpha value is -0.0800. The minimum absolute atomic E-state index is 0.454. The summed E-state index contributed by atoms with van der Waals surface area (Å²) in [5, 5.41) is 0. The molecule has 0 spiro atoms. The Morgan fingerprint density at radius 1 is 1.14 bits per heavy atom. The molecule has 1 fully saturated rings. The highest BCUT2D eigenvalue weighted by molar-refractivity contribution is 4.77. The minimum atomic E-state index is 0.454. The number of nitrogens with two attached hydrogens (primary N) is 1. The summed E-state index contributed by atoms with van der Waals surface area (Å²) in [4.78, 5) is 2.52. The van der Waals surface area contributed by atoms with Crippen LogP contribution >= 0.6 is 0 Å². The Morgan fingerprint density at radius 2 is 1.86 bits per heavy atom. The fraction of sp³-hybridized carbons (Fsp3) is 1.00. The van der Waals surface area contributed by atoms with E-state index >= 15 is 0 Å². The quantitative estimate of drug-likeness (QED) is 0.636. The van der Waals surface area contributed by atoms with E-state index in [1.54, 1.807) is 0 Å². The van der Waals surface area contributed by atoms with Crippen LogP contribution in [0.4, 0.5) is 0 Å². The molecule has 84 valence electrons. The number of likely N-dealkylation sites (tertiary alicyclic amines) is 1. The Balaban J connectivity index is 1.84. The fourth-order valence-electron chi connectivity index (χ4n) is 2.18. The van der Waals surface area contributed by atoms with E-state index in [2.05, 4.69) is 11.8 Å². The zero-order valence-corrected chi connectivity index (χ0v) is 9.67. The second kappa shape index (κ2) is 7.24. The third kappa shape index (κ3) is 4.97. The van der Waals surface area contributed by atoms with E-state index in [9.17, 15) is 0 Å². The molecular weight excluding hydrogens is 172 g/mol. The normalized spacial score (nSPS) is 23.1. The molecule has 2 heteroatoms. The molecule has 1 aliphatic heterocycles. The van der Waals surface area contributed by atoms with Crippen LogP contribution in [0, 0.1) is 0 Å². The third-order valence-corrected chi connectivity index (χ3v) is 3.14. The molecule has 0 amide bonds. The summed E-state index contributed by atoms with van der Waals surface area (Å²) in [5.41, 5.74) is 5.85. The van der Waals surface area contributed by atoms with Crippen LogP contribution in [0.2, 0.25) is 0 Å². The van der Waals surface area contributed by atoms with E-state index in [0.29, 0.717) is 6.04 Å². The van der Waals surface area contributed by atoms with Crippen LogP contribution in [-0.4, -0.2) is 30.6 Å². The maximum atomic E-state index is 5.85. The monoisotopic (exact) mass is 198 g/mol. The third-order valence-electron chi connectivity index (χ3n) is 3.14. The lowest BCUT2D eigenvalue weighted by Crippen LogP contribution is -2.27. The second-order valence-electron chi connectivity index (χ2n) is 4.62. The van der Waals surface area contributed by atoms with Crippen LogP contribution in [0.3, 0.4) is 0 Å². The Labute approximate surface area is 88.8 Å². The van der Waals surface area contributed by atoms with Gasteiger partial charge in [0.1, 0.15) is 0 Å². The van der Waals surface area contributed by atoms with Crippen molar-refractivity contribution >= 4 is 0 Å². The SMILES string of the molecule is CCCCCCCCN1CC[C@@H](N)C1. The molecule has 1 heterocycles. The predicted octanol–water partition coefficient (Wildman–Crippen LogP) is 2.38. The topological polar surface area (TPSA) is 29.3 Å². The van der Waals surface area contributed by atoms with Crippen LogP contribution in [-0.2, 0) is 0 Å². The van der Waals surface area contributed by atoms with Gasteiger partial charge in [0.15, 0.2) is 0 Å². The van der Waals surface area contributed by atoms with Crippen molar-refractivity contribution in [1.82, 2.24) is 4.90 Å². The predicted molar refractivity (Wildman–Crippen MR) is 62.4 cm³/mol. The average Bonchev–Trinajstić information content (AvgIpc) is 2.58. The van der Waals surface area contributed by atoms with Gasteiger partial charge in [0.25, 0.3) is 0 Å². The van der Waals surface area contributed by atoms with Crippen molar-refractivity contribution in [3.63, 3.8) is 0 Å². The van der Waals surface area contributed by atoms with Crippen molar-refractivity contribution in [3.8, 4) is 0 Å². The lowest BCUT2D eigenvalue weighted by Gasteiger charge is -2.14. The molecule has 2 N–H and O–H groups in total. The lowest BCUT2D eigenvalue weighted by molar-refractivity contribution is 0.323. The van der Waals surface area contributed by atoms with Crippen molar-refractivity contribution in [2.75, 3.05) is 19.6 Å². The van der Waals surface area contributed by atoms with Gasteiger partial charge in [-0.25, -0.2) is 0 Å². The molecule has 1 rings (SSSR count). The first-order valence-corrected chi connectivity index (χ1v) is 6.31. The van der Waals surface area contributed by atoms with Crippen molar-refractivity contribution < 1.29 is 0 Å². The summed E-state index contributed by atoms with van der Waals surface area (Å²) in [7, 11) is 0. The lowest BCUT2D eigenvalue weighted by atomic mass is 10.1. The largest absolute Gasteiger partial charge is 0.326 e. The van der Waals surface area contributed by atoms with Gasteiger partial charge in [0, 0.05) is 12.6 Å². The molecule has 0 unspecified atom stereocenters. The molecule has 1 aliphatic rings. The fourth-order valence-corrected chi connectivity index (χ4v) is 2.18. The van der Waals surface area contributed by atoms with E-state index in [4.69, 9.17) is 5.73 Å².